The molecule has 18 heavy (non-hydrogen) atoms. The van der Waals surface area contributed by atoms with E-state index in [4.69, 9.17) is 4.74 Å². The van der Waals surface area contributed by atoms with Crippen molar-refractivity contribution < 1.29 is 13.9 Å². The molecule has 1 N–H and O–H groups in total. The largest absolute Gasteiger partial charge is 0.487 e. The average molecular weight is 249 g/mol. The van der Waals surface area contributed by atoms with Gasteiger partial charge in [-0.3, -0.25) is 4.79 Å². The third-order valence-corrected chi connectivity index (χ3v) is 2.93. The zero-order chi connectivity index (χ0) is 13.3. The Bertz CT molecular complexity index is 497. The topological polar surface area (TPSA) is 38.3 Å². The lowest BCUT2D eigenvalue weighted by atomic mass is 9.89. The first kappa shape index (κ1) is 12.6. The summed E-state index contributed by atoms with van der Waals surface area (Å²) in [6.45, 7) is 7.29. The summed E-state index contributed by atoms with van der Waals surface area (Å²) in [6, 6.07) is 4.09. The van der Waals surface area contributed by atoms with Gasteiger partial charge in [-0.25, -0.2) is 4.39 Å². The average Bonchev–Trinajstić information content (AvgIpc) is 2.29. The van der Waals surface area contributed by atoms with Gasteiger partial charge >= 0.3 is 0 Å². The zero-order valence-corrected chi connectivity index (χ0v) is 10.5. The molecule has 1 aromatic carbocycles. The molecule has 1 aliphatic heterocycles. The molecule has 3 nitrogen and oxygen atoms in total. The lowest BCUT2D eigenvalue weighted by Gasteiger charge is -2.37. The first-order valence-electron chi connectivity index (χ1n) is 5.83. The molecule has 1 amide bonds. The van der Waals surface area contributed by atoms with Crippen LogP contribution in [0, 0.1) is 5.82 Å². The van der Waals surface area contributed by atoms with Crippen LogP contribution in [0.1, 0.15) is 31.9 Å². The molecule has 96 valence electrons. The predicted molar refractivity (Wildman–Crippen MR) is 66.8 cm³/mol. The highest BCUT2D eigenvalue weighted by atomic mass is 19.1. The Hall–Kier alpha value is -1.84. The molecule has 0 saturated carbocycles. The fraction of sp³-hybridized carbons (Fsp3) is 0.357. The standard InChI is InChI=1S/C14H16FNO2/c1-4-13(17)16-11-8-14(2,3)18-12-6-5-9(15)7-10(11)12/h4-7,11H,1,8H2,2-3H3,(H,16,17)/t11-/m1/s1. The minimum absolute atomic E-state index is 0.259. The molecule has 1 aromatic rings. The predicted octanol–water partition coefficient (Wildman–Crippen LogP) is 2.73. The number of halogens is 1. The molecular formula is C14H16FNO2. The number of rotatable bonds is 2. The Kier molecular flexibility index (Phi) is 3.11. The molecule has 1 atom stereocenters. The van der Waals surface area contributed by atoms with E-state index >= 15 is 0 Å². The number of hydrogen-bond acceptors (Lipinski definition) is 2. The molecule has 0 spiro atoms. The maximum atomic E-state index is 13.3. The third-order valence-electron chi connectivity index (χ3n) is 2.93. The van der Waals surface area contributed by atoms with Crippen LogP contribution in [0.4, 0.5) is 4.39 Å². The Morgan fingerprint density at radius 1 is 1.61 bits per heavy atom. The molecular weight excluding hydrogens is 233 g/mol. The van der Waals surface area contributed by atoms with Crippen molar-refractivity contribution in [2.24, 2.45) is 0 Å². The summed E-state index contributed by atoms with van der Waals surface area (Å²) in [5, 5.41) is 2.80. The van der Waals surface area contributed by atoms with Crippen molar-refractivity contribution >= 4 is 5.91 Å². The Morgan fingerprint density at radius 2 is 2.33 bits per heavy atom. The molecule has 0 saturated heterocycles. The van der Waals surface area contributed by atoms with E-state index in [0.29, 0.717) is 17.7 Å². The molecule has 1 heterocycles. The fourth-order valence-electron chi connectivity index (χ4n) is 2.18. The van der Waals surface area contributed by atoms with Crippen molar-refractivity contribution in [3.05, 3.63) is 42.2 Å². The lowest BCUT2D eigenvalue weighted by Crippen LogP contribution is -2.40. The first-order valence-corrected chi connectivity index (χ1v) is 5.83. The highest BCUT2D eigenvalue weighted by Crippen LogP contribution is 2.39. The SMILES string of the molecule is C=CC(=O)N[C@@H]1CC(C)(C)Oc2ccc(F)cc21. The quantitative estimate of drug-likeness (QED) is 0.818. The van der Waals surface area contributed by atoms with Crippen molar-refractivity contribution in [2.75, 3.05) is 0 Å². The molecule has 0 radical (unpaired) electrons. The van der Waals surface area contributed by atoms with Gasteiger partial charge in [-0.15, -0.1) is 0 Å². The summed E-state index contributed by atoms with van der Waals surface area (Å²) in [5.74, 6) is 0.00447. The smallest absolute Gasteiger partial charge is 0.243 e. The number of amides is 1. The number of benzene rings is 1. The summed E-state index contributed by atoms with van der Waals surface area (Å²) >= 11 is 0. The van der Waals surface area contributed by atoms with E-state index in [1.54, 1.807) is 6.07 Å². The van der Waals surface area contributed by atoms with Gasteiger partial charge in [0, 0.05) is 12.0 Å². The summed E-state index contributed by atoms with van der Waals surface area (Å²) < 4.78 is 19.1. The number of carbonyl (C=O) groups is 1. The van der Waals surface area contributed by atoms with E-state index in [1.807, 2.05) is 13.8 Å². The highest BCUT2D eigenvalue weighted by Gasteiger charge is 2.34. The van der Waals surface area contributed by atoms with Gasteiger partial charge in [0.05, 0.1) is 6.04 Å². The van der Waals surface area contributed by atoms with Crippen LogP contribution in [0.3, 0.4) is 0 Å². The second-order valence-corrected chi connectivity index (χ2v) is 5.01. The second kappa shape index (κ2) is 4.44. The van der Waals surface area contributed by atoms with Gasteiger partial charge in [0.2, 0.25) is 5.91 Å². The minimum Gasteiger partial charge on any atom is -0.487 e. The lowest BCUT2D eigenvalue weighted by molar-refractivity contribution is -0.117. The molecule has 2 rings (SSSR count). The number of hydrogen-bond donors (Lipinski definition) is 1. The van der Waals surface area contributed by atoms with E-state index in [9.17, 15) is 9.18 Å². The van der Waals surface area contributed by atoms with Crippen molar-refractivity contribution in [2.45, 2.75) is 31.9 Å². The van der Waals surface area contributed by atoms with E-state index in [0.717, 1.165) is 0 Å². The first-order chi connectivity index (χ1) is 8.41. The van der Waals surface area contributed by atoms with Gasteiger partial charge in [0.1, 0.15) is 17.2 Å². The van der Waals surface area contributed by atoms with Crippen molar-refractivity contribution in [3.8, 4) is 5.75 Å². The molecule has 0 bridgehead atoms. The van der Waals surface area contributed by atoms with Crippen LogP contribution in [0.15, 0.2) is 30.9 Å². The van der Waals surface area contributed by atoms with Crippen LogP contribution in [0.25, 0.3) is 0 Å². The van der Waals surface area contributed by atoms with Crippen LogP contribution in [0.2, 0.25) is 0 Å². The van der Waals surface area contributed by atoms with Gasteiger partial charge in [-0.1, -0.05) is 6.58 Å². The number of nitrogens with one attached hydrogen (secondary N) is 1. The number of ether oxygens (including phenoxy) is 1. The van der Waals surface area contributed by atoms with E-state index in [1.165, 1.54) is 18.2 Å². The monoisotopic (exact) mass is 249 g/mol. The van der Waals surface area contributed by atoms with Crippen molar-refractivity contribution in [1.82, 2.24) is 5.32 Å². The molecule has 0 fully saturated rings. The van der Waals surface area contributed by atoms with Gasteiger partial charge < -0.3 is 10.1 Å². The normalized spacial score (nSPS) is 20.5. The Labute approximate surface area is 106 Å². The van der Waals surface area contributed by atoms with Crippen LogP contribution in [-0.4, -0.2) is 11.5 Å². The molecule has 0 unspecified atom stereocenters. The van der Waals surface area contributed by atoms with Gasteiger partial charge in [-0.2, -0.15) is 0 Å². The molecule has 0 aromatic heterocycles. The third kappa shape index (κ3) is 2.53. The van der Waals surface area contributed by atoms with E-state index < -0.39 is 5.60 Å². The Morgan fingerprint density at radius 3 is 3.00 bits per heavy atom. The fourth-order valence-corrected chi connectivity index (χ4v) is 2.18. The summed E-state index contributed by atoms with van der Waals surface area (Å²) in [6.07, 6.45) is 1.80. The van der Waals surface area contributed by atoms with Gasteiger partial charge in [0.15, 0.2) is 0 Å². The van der Waals surface area contributed by atoms with Crippen LogP contribution >= 0.6 is 0 Å². The highest BCUT2D eigenvalue weighted by molar-refractivity contribution is 5.87. The van der Waals surface area contributed by atoms with Gasteiger partial charge in [-0.05, 0) is 38.1 Å². The number of carbonyl (C=O) groups excluding carboxylic acids is 1. The molecule has 0 aliphatic carbocycles. The number of fused-ring (bicyclic) bond motifs is 1. The van der Waals surface area contributed by atoms with Crippen molar-refractivity contribution in [1.29, 1.82) is 0 Å². The maximum absolute atomic E-state index is 13.3. The maximum Gasteiger partial charge on any atom is 0.243 e. The summed E-state index contributed by atoms with van der Waals surface area (Å²) in [5.41, 5.74) is 0.272. The molecule has 4 heteroatoms. The Balaban J connectivity index is 2.38. The summed E-state index contributed by atoms with van der Waals surface area (Å²) in [4.78, 5) is 11.4. The van der Waals surface area contributed by atoms with Crippen LogP contribution < -0.4 is 10.1 Å². The minimum atomic E-state index is -0.399. The van der Waals surface area contributed by atoms with Crippen LogP contribution in [-0.2, 0) is 4.79 Å². The van der Waals surface area contributed by atoms with Gasteiger partial charge in [0.25, 0.3) is 0 Å². The van der Waals surface area contributed by atoms with Crippen LogP contribution in [0.5, 0.6) is 5.75 Å². The van der Waals surface area contributed by atoms with E-state index in [2.05, 4.69) is 11.9 Å². The van der Waals surface area contributed by atoms with E-state index in [-0.39, 0.29) is 17.8 Å². The van der Waals surface area contributed by atoms with Crippen molar-refractivity contribution in [3.63, 3.8) is 0 Å². The zero-order valence-electron chi connectivity index (χ0n) is 10.5. The second-order valence-electron chi connectivity index (χ2n) is 5.01. The summed E-state index contributed by atoms with van der Waals surface area (Å²) in [7, 11) is 0. The molecule has 1 aliphatic rings.